The molecule has 0 aliphatic carbocycles. The van der Waals surface area contributed by atoms with Gasteiger partial charge in [0.2, 0.25) is 5.88 Å². The quantitative estimate of drug-likeness (QED) is 0.825. The van der Waals surface area contributed by atoms with Crippen LogP contribution in [0.15, 0.2) is 48.7 Å². The van der Waals surface area contributed by atoms with Gasteiger partial charge in [0, 0.05) is 23.6 Å². The molecule has 6 heteroatoms. The summed E-state index contributed by atoms with van der Waals surface area (Å²) in [6, 6.07) is 12.9. The van der Waals surface area contributed by atoms with Crippen molar-refractivity contribution in [2.75, 3.05) is 11.5 Å². The number of benzene rings is 1. The lowest BCUT2D eigenvalue weighted by Crippen LogP contribution is -2.24. The first-order valence-electron chi connectivity index (χ1n) is 7.48. The number of nitrogens with one attached hydrogen (secondary N) is 1. The van der Waals surface area contributed by atoms with Crippen molar-refractivity contribution in [1.29, 1.82) is 0 Å². The van der Waals surface area contributed by atoms with Crippen LogP contribution in [0.3, 0.4) is 0 Å². The number of hydrogen-bond acceptors (Lipinski definition) is 5. The fourth-order valence-electron chi connectivity index (χ4n) is 2.21. The van der Waals surface area contributed by atoms with Crippen molar-refractivity contribution in [2.45, 2.75) is 19.1 Å². The Morgan fingerprint density at radius 2 is 2.17 bits per heavy atom. The summed E-state index contributed by atoms with van der Waals surface area (Å²) in [5, 5.41) is 0. The van der Waals surface area contributed by atoms with Crippen LogP contribution in [0.1, 0.15) is 22.3 Å². The van der Waals surface area contributed by atoms with Gasteiger partial charge >= 0.3 is 0 Å². The van der Waals surface area contributed by atoms with E-state index >= 15 is 0 Å². The molecule has 1 aromatic heterocycles. The molecule has 0 spiro atoms. The van der Waals surface area contributed by atoms with E-state index in [1.54, 1.807) is 18.3 Å². The van der Waals surface area contributed by atoms with Crippen LogP contribution in [0.4, 0.5) is 0 Å². The van der Waals surface area contributed by atoms with Crippen molar-refractivity contribution >= 4 is 17.7 Å². The van der Waals surface area contributed by atoms with Crippen molar-refractivity contribution in [3.63, 3.8) is 0 Å². The van der Waals surface area contributed by atoms with Gasteiger partial charge in [-0.2, -0.15) is 11.8 Å². The maximum Gasteiger partial charge on any atom is 0.275 e. The van der Waals surface area contributed by atoms with Gasteiger partial charge in [-0.25, -0.2) is 10.5 Å². The van der Waals surface area contributed by atoms with Gasteiger partial charge in [0.15, 0.2) is 0 Å². The van der Waals surface area contributed by atoms with Crippen LogP contribution in [0.5, 0.6) is 5.88 Å². The lowest BCUT2D eigenvalue weighted by atomic mass is 10.2. The van der Waals surface area contributed by atoms with Crippen molar-refractivity contribution < 1.29 is 14.4 Å². The van der Waals surface area contributed by atoms with E-state index in [1.165, 1.54) is 0 Å². The monoisotopic (exact) mass is 330 g/mol. The molecule has 1 fully saturated rings. The predicted molar refractivity (Wildman–Crippen MR) is 89.3 cm³/mol. The number of hydroxylamine groups is 1. The molecule has 0 radical (unpaired) electrons. The molecule has 23 heavy (non-hydrogen) atoms. The third-order valence-electron chi connectivity index (χ3n) is 3.42. The molecule has 2 heterocycles. The largest absolute Gasteiger partial charge is 0.473 e. The van der Waals surface area contributed by atoms with Crippen LogP contribution in [0, 0.1) is 0 Å². The highest BCUT2D eigenvalue weighted by Crippen LogP contribution is 2.22. The van der Waals surface area contributed by atoms with E-state index in [-0.39, 0.29) is 12.0 Å². The molecule has 1 N–H and O–H groups in total. The fraction of sp³-hybridized carbons (Fsp3) is 0.294. The van der Waals surface area contributed by atoms with E-state index in [0.717, 1.165) is 23.5 Å². The second-order valence-corrected chi connectivity index (χ2v) is 6.34. The molecule has 1 aromatic carbocycles. The van der Waals surface area contributed by atoms with Crippen LogP contribution < -0.4 is 10.2 Å². The van der Waals surface area contributed by atoms with Crippen LogP contribution in [0.25, 0.3) is 0 Å². The molecular weight excluding hydrogens is 312 g/mol. The molecule has 1 amide bonds. The Morgan fingerprint density at radius 1 is 1.30 bits per heavy atom. The Balaban J connectivity index is 1.52. The van der Waals surface area contributed by atoms with Gasteiger partial charge in [0.05, 0.1) is 6.61 Å². The third-order valence-corrected chi connectivity index (χ3v) is 4.55. The number of amides is 1. The topological polar surface area (TPSA) is 60.5 Å². The molecule has 1 saturated heterocycles. The van der Waals surface area contributed by atoms with E-state index in [2.05, 4.69) is 10.5 Å². The first-order valence-corrected chi connectivity index (χ1v) is 8.63. The molecule has 1 unspecified atom stereocenters. The minimum absolute atomic E-state index is 0.181. The van der Waals surface area contributed by atoms with Crippen LogP contribution in [-0.2, 0) is 11.4 Å². The minimum atomic E-state index is -0.311. The zero-order chi connectivity index (χ0) is 15.9. The van der Waals surface area contributed by atoms with Gasteiger partial charge in [-0.05, 0) is 23.8 Å². The lowest BCUT2D eigenvalue weighted by Gasteiger charge is -2.12. The Labute approximate surface area is 139 Å². The highest BCUT2D eigenvalue weighted by Gasteiger charge is 2.18. The van der Waals surface area contributed by atoms with Gasteiger partial charge < -0.3 is 4.74 Å². The predicted octanol–water partition coefficient (Wildman–Crippen LogP) is 2.83. The summed E-state index contributed by atoms with van der Waals surface area (Å²) in [6.07, 6.45) is 2.77. The van der Waals surface area contributed by atoms with Crippen molar-refractivity contribution in [2.24, 2.45) is 0 Å². The SMILES string of the molecule is O=C(NOCc1ccccc1)c1ccnc(OC2CCSC2)c1. The molecule has 5 nitrogen and oxygen atoms in total. The van der Waals surface area contributed by atoms with E-state index in [1.807, 2.05) is 42.1 Å². The van der Waals surface area contributed by atoms with E-state index < -0.39 is 0 Å². The molecule has 2 aromatic rings. The molecule has 1 atom stereocenters. The Kier molecular flexibility index (Phi) is 5.50. The third kappa shape index (κ3) is 4.71. The fourth-order valence-corrected chi connectivity index (χ4v) is 3.30. The van der Waals surface area contributed by atoms with Gasteiger partial charge in [0.1, 0.15) is 6.10 Å². The number of rotatable bonds is 6. The number of carbonyl (C=O) groups excluding carboxylic acids is 1. The van der Waals surface area contributed by atoms with Gasteiger partial charge in [-0.15, -0.1) is 0 Å². The van der Waals surface area contributed by atoms with E-state index in [0.29, 0.717) is 18.1 Å². The number of thioether (sulfide) groups is 1. The number of hydrogen-bond donors (Lipinski definition) is 1. The van der Waals surface area contributed by atoms with Crippen LogP contribution in [-0.4, -0.2) is 28.5 Å². The summed E-state index contributed by atoms with van der Waals surface area (Å²) in [5.74, 6) is 2.25. The van der Waals surface area contributed by atoms with Gasteiger partial charge in [-0.3, -0.25) is 9.63 Å². The summed E-state index contributed by atoms with van der Waals surface area (Å²) in [5.41, 5.74) is 3.90. The standard InChI is InChI=1S/C17H18N2O3S/c20-17(19-21-11-13-4-2-1-3-5-13)14-6-8-18-16(10-14)22-15-7-9-23-12-15/h1-6,8,10,15H,7,9,11-12H2,(H,19,20). The average Bonchev–Trinajstić information content (AvgIpc) is 3.09. The first kappa shape index (κ1) is 15.8. The molecule has 0 bridgehead atoms. The van der Waals surface area contributed by atoms with Crippen molar-refractivity contribution in [1.82, 2.24) is 10.5 Å². The number of pyridine rings is 1. The Bertz CT molecular complexity index is 645. The second-order valence-electron chi connectivity index (χ2n) is 5.19. The molecule has 0 saturated carbocycles. The van der Waals surface area contributed by atoms with Crippen molar-refractivity contribution in [3.05, 3.63) is 59.8 Å². The summed E-state index contributed by atoms with van der Waals surface area (Å²) in [4.78, 5) is 21.5. The lowest BCUT2D eigenvalue weighted by molar-refractivity contribution is 0.0233. The normalized spacial score (nSPS) is 17.0. The van der Waals surface area contributed by atoms with Crippen LogP contribution >= 0.6 is 11.8 Å². The highest BCUT2D eigenvalue weighted by molar-refractivity contribution is 7.99. The highest BCUT2D eigenvalue weighted by atomic mass is 32.2. The molecular formula is C17H18N2O3S. The summed E-state index contributed by atoms with van der Waals surface area (Å²) < 4.78 is 5.79. The Hall–Kier alpha value is -2.05. The summed E-state index contributed by atoms with van der Waals surface area (Å²) >= 11 is 1.87. The molecule has 1 aliphatic heterocycles. The van der Waals surface area contributed by atoms with Crippen molar-refractivity contribution in [3.8, 4) is 5.88 Å². The minimum Gasteiger partial charge on any atom is -0.473 e. The van der Waals surface area contributed by atoms with Gasteiger partial charge in [0.25, 0.3) is 5.91 Å². The van der Waals surface area contributed by atoms with Crippen LogP contribution in [0.2, 0.25) is 0 Å². The molecule has 1 aliphatic rings. The maximum atomic E-state index is 12.1. The summed E-state index contributed by atoms with van der Waals surface area (Å²) in [6.45, 7) is 0.320. The van der Waals surface area contributed by atoms with E-state index in [4.69, 9.17) is 9.57 Å². The van der Waals surface area contributed by atoms with E-state index in [9.17, 15) is 4.79 Å². The zero-order valence-corrected chi connectivity index (χ0v) is 13.4. The molecule has 120 valence electrons. The number of carbonyl (C=O) groups is 1. The first-order chi connectivity index (χ1) is 11.3. The average molecular weight is 330 g/mol. The number of nitrogens with zero attached hydrogens (tertiary/aromatic N) is 1. The van der Waals surface area contributed by atoms with Gasteiger partial charge in [-0.1, -0.05) is 30.3 Å². The second kappa shape index (κ2) is 7.99. The summed E-state index contributed by atoms with van der Waals surface area (Å²) in [7, 11) is 0. The number of ether oxygens (including phenoxy) is 1. The Morgan fingerprint density at radius 3 is 2.96 bits per heavy atom. The number of aromatic nitrogens is 1. The zero-order valence-electron chi connectivity index (χ0n) is 12.6. The maximum absolute atomic E-state index is 12.1. The smallest absolute Gasteiger partial charge is 0.275 e. The molecule has 3 rings (SSSR count).